The minimum atomic E-state index is -0.375. The summed E-state index contributed by atoms with van der Waals surface area (Å²) in [5, 5.41) is 20.0. The molecular weight excluding hydrogens is 378 g/mol. The number of aromatic hydroxyl groups is 2. The van der Waals surface area contributed by atoms with Crippen molar-refractivity contribution < 1.29 is 19.7 Å². The molecule has 2 heterocycles. The van der Waals surface area contributed by atoms with E-state index in [2.05, 4.69) is 4.90 Å². The van der Waals surface area contributed by atoms with Crippen LogP contribution < -0.4 is 9.47 Å². The van der Waals surface area contributed by atoms with Crippen LogP contribution in [-0.4, -0.2) is 41.4 Å². The van der Waals surface area contributed by atoms with Crippen LogP contribution >= 0.6 is 0 Å². The van der Waals surface area contributed by atoms with E-state index < -0.39 is 0 Å². The highest BCUT2D eigenvalue weighted by molar-refractivity contribution is 5.78. The van der Waals surface area contributed by atoms with E-state index in [0.29, 0.717) is 12.4 Å². The Balaban J connectivity index is 1.37. The van der Waals surface area contributed by atoms with Crippen LogP contribution in [0.4, 0.5) is 0 Å². The summed E-state index contributed by atoms with van der Waals surface area (Å²) in [5.41, 5.74) is 3.75. The number of phenolic OH excluding ortho intramolecular Hbond substituents is 2. The number of phenols is 2. The molecule has 0 spiro atoms. The van der Waals surface area contributed by atoms with Gasteiger partial charge in [-0.2, -0.15) is 0 Å². The molecule has 2 aliphatic heterocycles. The molecule has 3 aromatic rings. The third kappa shape index (κ3) is 3.68. The van der Waals surface area contributed by atoms with Crippen molar-refractivity contribution in [3.8, 4) is 34.1 Å². The fraction of sp³-hybridized carbons (Fsp3) is 0.280. The van der Waals surface area contributed by atoms with Crippen LogP contribution in [0.3, 0.4) is 0 Å². The molecule has 1 fully saturated rings. The minimum Gasteiger partial charge on any atom is -0.508 e. The lowest BCUT2D eigenvalue weighted by Crippen LogP contribution is -2.25. The van der Waals surface area contributed by atoms with Crippen LogP contribution in [0.2, 0.25) is 0 Å². The summed E-state index contributed by atoms with van der Waals surface area (Å²) in [6.45, 7) is 3.98. The van der Waals surface area contributed by atoms with Crippen molar-refractivity contribution in [2.24, 2.45) is 0 Å². The number of hydrogen-bond donors (Lipinski definition) is 2. The Morgan fingerprint density at radius 2 is 1.57 bits per heavy atom. The Labute approximate surface area is 176 Å². The first-order valence-corrected chi connectivity index (χ1v) is 10.5. The quantitative estimate of drug-likeness (QED) is 0.645. The van der Waals surface area contributed by atoms with E-state index in [1.165, 1.54) is 25.9 Å². The number of ether oxygens (including phenoxy) is 2. The van der Waals surface area contributed by atoms with E-state index in [1.807, 2.05) is 36.4 Å². The number of hydrogen-bond acceptors (Lipinski definition) is 5. The van der Waals surface area contributed by atoms with Crippen molar-refractivity contribution in [1.29, 1.82) is 0 Å². The number of benzene rings is 3. The molecule has 0 aliphatic carbocycles. The van der Waals surface area contributed by atoms with Crippen LogP contribution in [0.5, 0.6) is 23.0 Å². The molecule has 5 heteroatoms. The summed E-state index contributed by atoms with van der Waals surface area (Å²) in [4.78, 5) is 2.43. The van der Waals surface area contributed by atoms with Gasteiger partial charge in [0, 0.05) is 23.7 Å². The second kappa shape index (κ2) is 7.92. The molecule has 5 rings (SSSR count). The zero-order valence-corrected chi connectivity index (χ0v) is 16.8. The zero-order chi connectivity index (χ0) is 20.5. The average molecular weight is 403 g/mol. The van der Waals surface area contributed by atoms with Crippen molar-refractivity contribution in [2.75, 3.05) is 26.2 Å². The smallest absolute Gasteiger partial charge is 0.150 e. The summed E-state index contributed by atoms with van der Waals surface area (Å²) in [6, 6.07) is 18.4. The number of likely N-dealkylation sites (tertiary alicyclic amines) is 1. The van der Waals surface area contributed by atoms with E-state index >= 15 is 0 Å². The highest BCUT2D eigenvalue weighted by Gasteiger charge is 2.28. The maximum Gasteiger partial charge on any atom is 0.150 e. The Morgan fingerprint density at radius 3 is 2.33 bits per heavy atom. The molecule has 0 bridgehead atoms. The first kappa shape index (κ1) is 18.8. The summed E-state index contributed by atoms with van der Waals surface area (Å²) in [7, 11) is 0. The van der Waals surface area contributed by atoms with E-state index in [0.717, 1.165) is 34.5 Å². The van der Waals surface area contributed by atoms with E-state index in [-0.39, 0.29) is 17.6 Å². The molecule has 0 saturated carbocycles. The highest BCUT2D eigenvalue weighted by atomic mass is 16.5. The minimum absolute atomic E-state index is 0.163. The fourth-order valence-electron chi connectivity index (χ4n) is 4.32. The third-order valence-corrected chi connectivity index (χ3v) is 5.88. The largest absolute Gasteiger partial charge is 0.508 e. The molecule has 0 radical (unpaired) electrons. The number of nitrogens with zero attached hydrogens (tertiary/aromatic N) is 1. The van der Waals surface area contributed by atoms with Gasteiger partial charge in [-0.15, -0.1) is 0 Å². The van der Waals surface area contributed by atoms with Gasteiger partial charge in [0.05, 0.1) is 0 Å². The number of fused-ring (bicyclic) bond motifs is 3. The molecule has 0 aromatic heterocycles. The Kier molecular flexibility index (Phi) is 4.97. The van der Waals surface area contributed by atoms with Gasteiger partial charge in [0.25, 0.3) is 0 Å². The maximum absolute atomic E-state index is 10.1. The molecular formula is C25H25NO4. The highest BCUT2D eigenvalue weighted by Crippen LogP contribution is 2.46. The molecule has 3 aromatic carbocycles. The topological polar surface area (TPSA) is 62.2 Å². The molecule has 1 atom stereocenters. The summed E-state index contributed by atoms with van der Waals surface area (Å²) in [6.07, 6.45) is 2.20. The maximum atomic E-state index is 10.1. The Morgan fingerprint density at radius 1 is 0.867 bits per heavy atom. The van der Waals surface area contributed by atoms with Gasteiger partial charge in [0.15, 0.2) is 0 Å². The second-order valence-electron chi connectivity index (χ2n) is 7.92. The van der Waals surface area contributed by atoms with E-state index in [4.69, 9.17) is 9.47 Å². The van der Waals surface area contributed by atoms with Gasteiger partial charge >= 0.3 is 0 Å². The molecule has 0 amide bonds. The standard InChI is InChI=1S/C25H25NO4/c27-18-5-9-21-22-10-6-19(28)16-24(22)30-25(23(21)15-18)17-3-7-20(8-4-17)29-14-13-26-11-1-2-12-26/h3-10,15-16,25,27-28H,1-2,11-14H2. The van der Waals surface area contributed by atoms with Gasteiger partial charge in [-0.1, -0.05) is 18.2 Å². The van der Waals surface area contributed by atoms with Gasteiger partial charge < -0.3 is 19.7 Å². The zero-order valence-electron chi connectivity index (χ0n) is 16.8. The van der Waals surface area contributed by atoms with Crippen LogP contribution in [-0.2, 0) is 0 Å². The van der Waals surface area contributed by atoms with E-state index in [1.54, 1.807) is 24.3 Å². The Hall–Kier alpha value is -3.18. The summed E-state index contributed by atoms with van der Waals surface area (Å²) in [5.74, 6) is 1.83. The normalized spacial score (nSPS) is 17.8. The van der Waals surface area contributed by atoms with Crippen LogP contribution in [0, 0.1) is 0 Å². The van der Waals surface area contributed by atoms with Crippen molar-refractivity contribution in [3.05, 3.63) is 71.8 Å². The van der Waals surface area contributed by atoms with Crippen molar-refractivity contribution in [2.45, 2.75) is 18.9 Å². The molecule has 1 unspecified atom stereocenters. The van der Waals surface area contributed by atoms with Crippen LogP contribution in [0.1, 0.15) is 30.1 Å². The molecule has 1 saturated heterocycles. The summed E-state index contributed by atoms with van der Waals surface area (Å²) < 4.78 is 12.2. The van der Waals surface area contributed by atoms with Gasteiger partial charge in [-0.25, -0.2) is 0 Å². The lowest BCUT2D eigenvalue weighted by molar-refractivity contribution is 0.235. The van der Waals surface area contributed by atoms with Gasteiger partial charge in [0.1, 0.15) is 35.7 Å². The SMILES string of the molecule is Oc1ccc2c(c1)OC(c1ccc(OCCN3CCCC3)cc1)c1cc(O)ccc1-2. The van der Waals surface area contributed by atoms with Crippen LogP contribution in [0.15, 0.2) is 60.7 Å². The summed E-state index contributed by atoms with van der Waals surface area (Å²) >= 11 is 0. The monoisotopic (exact) mass is 403 g/mol. The molecule has 154 valence electrons. The molecule has 2 aliphatic rings. The molecule has 30 heavy (non-hydrogen) atoms. The molecule has 2 N–H and O–H groups in total. The Bertz CT molecular complexity index is 1040. The van der Waals surface area contributed by atoms with Gasteiger partial charge in [-0.05, 0) is 73.5 Å². The second-order valence-corrected chi connectivity index (χ2v) is 7.92. The predicted octanol–water partition coefficient (Wildman–Crippen LogP) is 4.72. The lowest BCUT2D eigenvalue weighted by Gasteiger charge is -2.29. The van der Waals surface area contributed by atoms with Crippen molar-refractivity contribution in [1.82, 2.24) is 4.90 Å². The fourth-order valence-corrected chi connectivity index (χ4v) is 4.32. The predicted molar refractivity (Wildman–Crippen MR) is 115 cm³/mol. The number of rotatable bonds is 5. The lowest BCUT2D eigenvalue weighted by atomic mass is 9.89. The first-order valence-electron chi connectivity index (χ1n) is 10.5. The van der Waals surface area contributed by atoms with Crippen molar-refractivity contribution in [3.63, 3.8) is 0 Å². The first-order chi connectivity index (χ1) is 14.7. The van der Waals surface area contributed by atoms with Gasteiger partial charge in [-0.3, -0.25) is 4.90 Å². The van der Waals surface area contributed by atoms with Crippen molar-refractivity contribution >= 4 is 0 Å². The van der Waals surface area contributed by atoms with Crippen LogP contribution in [0.25, 0.3) is 11.1 Å². The third-order valence-electron chi connectivity index (χ3n) is 5.88. The average Bonchev–Trinajstić information content (AvgIpc) is 3.27. The molecule has 5 nitrogen and oxygen atoms in total. The van der Waals surface area contributed by atoms with E-state index in [9.17, 15) is 10.2 Å². The van der Waals surface area contributed by atoms with Gasteiger partial charge in [0.2, 0.25) is 0 Å².